The third-order valence-electron chi connectivity index (χ3n) is 5.80. The number of nitrogens with zero attached hydrogens (tertiary/aromatic N) is 1. The molecule has 0 unspecified atom stereocenters. The second-order valence-electron chi connectivity index (χ2n) is 7.49. The predicted octanol–water partition coefficient (Wildman–Crippen LogP) is 6.96. The number of hydrogen-bond donors (Lipinski definition) is 0. The van der Waals surface area contributed by atoms with E-state index in [-0.39, 0.29) is 17.8 Å². The smallest absolute Gasteiger partial charge is 0.310 e. The normalized spacial score (nSPS) is 18.0. The van der Waals surface area contributed by atoms with Crippen molar-refractivity contribution >= 4 is 51.8 Å². The van der Waals surface area contributed by atoms with Gasteiger partial charge in [0.2, 0.25) is 0 Å². The number of halogens is 2. The van der Waals surface area contributed by atoms with Gasteiger partial charge in [0.05, 0.1) is 23.6 Å². The van der Waals surface area contributed by atoms with Crippen molar-refractivity contribution in [2.24, 2.45) is 5.92 Å². The van der Waals surface area contributed by atoms with Gasteiger partial charge in [-0.25, -0.2) is 0 Å². The molecule has 6 heteroatoms. The molecule has 2 heterocycles. The van der Waals surface area contributed by atoms with E-state index in [0.29, 0.717) is 15.8 Å². The van der Waals surface area contributed by atoms with Crippen LogP contribution in [0, 0.1) is 5.92 Å². The topological polar surface area (TPSA) is 31.2 Å². The van der Waals surface area contributed by atoms with Gasteiger partial charge in [0.1, 0.15) is 0 Å². The van der Waals surface area contributed by atoms with E-state index in [2.05, 4.69) is 28.8 Å². The number of esters is 1. The molecule has 0 aliphatic carbocycles. The number of hydrogen-bond acceptors (Lipinski definition) is 3. The standard InChI is InChI=1S/C25H19Cl2NO2S/c1-30-25(29)19-14-31-24-23(22(19)17-12-11-15(26)13-20(17)27)18-9-5-6-10-21(18)28(24)16-7-3-2-4-8-16/h2-13,19,22H,14H2,1H3/t19-,22+/m0/s1. The lowest BCUT2D eigenvalue weighted by Gasteiger charge is -2.31. The number of aromatic nitrogens is 1. The summed E-state index contributed by atoms with van der Waals surface area (Å²) in [7, 11) is 1.44. The first-order valence-corrected chi connectivity index (χ1v) is 11.7. The Morgan fingerprint density at radius 2 is 1.77 bits per heavy atom. The van der Waals surface area contributed by atoms with Gasteiger partial charge >= 0.3 is 5.97 Å². The maximum Gasteiger partial charge on any atom is 0.310 e. The van der Waals surface area contributed by atoms with Crippen molar-refractivity contribution in [2.75, 3.05) is 12.9 Å². The molecule has 0 amide bonds. The van der Waals surface area contributed by atoms with E-state index in [1.807, 2.05) is 42.5 Å². The zero-order valence-electron chi connectivity index (χ0n) is 16.7. The summed E-state index contributed by atoms with van der Waals surface area (Å²) in [6.07, 6.45) is 0. The second-order valence-corrected chi connectivity index (χ2v) is 9.34. The number of thioether (sulfide) groups is 1. The molecule has 0 spiro atoms. The minimum absolute atomic E-state index is 0.231. The van der Waals surface area contributed by atoms with Crippen molar-refractivity contribution in [3.63, 3.8) is 0 Å². The fourth-order valence-electron chi connectivity index (χ4n) is 4.47. The molecule has 31 heavy (non-hydrogen) atoms. The SMILES string of the molecule is COC(=O)[C@H]1CSc2c(c3ccccc3n2-c2ccccc2)[C@@H]1c1ccc(Cl)cc1Cl. The summed E-state index contributed by atoms with van der Waals surface area (Å²) in [5, 5.41) is 3.36. The number of ether oxygens (including phenoxy) is 1. The maximum absolute atomic E-state index is 12.8. The van der Waals surface area contributed by atoms with E-state index in [0.717, 1.165) is 32.7 Å². The molecular formula is C25H19Cl2NO2S. The molecule has 3 nitrogen and oxygen atoms in total. The van der Waals surface area contributed by atoms with Crippen molar-refractivity contribution in [3.8, 4) is 5.69 Å². The van der Waals surface area contributed by atoms with E-state index >= 15 is 0 Å². The molecule has 4 aromatic rings. The predicted molar refractivity (Wildman–Crippen MR) is 128 cm³/mol. The van der Waals surface area contributed by atoms with Crippen LogP contribution in [0.25, 0.3) is 16.6 Å². The van der Waals surface area contributed by atoms with E-state index in [9.17, 15) is 4.79 Å². The van der Waals surface area contributed by atoms with Gasteiger partial charge in [0.25, 0.3) is 0 Å². The average Bonchev–Trinajstić information content (AvgIpc) is 3.13. The average molecular weight is 468 g/mol. The summed E-state index contributed by atoms with van der Waals surface area (Å²) in [5.41, 5.74) is 4.19. The lowest BCUT2D eigenvalue weighted by Crippen LogP contribution is -2.30. The van der Waals surface area contributed by atoms with E-state index in [4.69, 9.17) is 27.9 Å². The van der Waals surface area contributed by atoms with Crippen molar-refractivity contribution < 1.29 is 9.53 Å². The van der Waals surface area contributed by atoms with Gasteiger partial charge in [-0.3, -0.25) is 4.79 Å². The van der Waals surface area contributed by atoms with Crippen molar-refractivity contribution in [2.45, 2.75) is 10.9 Å². The maximum atomic E-state index is 12.8. The molecule has 0 N–H and O–H groups in total. The summed E-state index contributed by atoms with van der Waals surface area (Å²) in [6, 6.07) is 24.1. The Hall–Kier alpha value is -2.40. The quantitative estimate of drug-likeness (QED) is 0.305. The highest BCUT2D eigenvalue weighted by Crippen LogP contribution is 2.51. The molecule has 1 aliphatic rings. The van der Waals surface area contributed by atoms with Crippen molar-refractivity contribution in [1.82, 2.24) is 4.57 Å². The van der Waals surface area contributed by atoms with Crippen LogP contribution < -0.4 is 0 Å². The van der Waals surface area contributed by atoms with E-state index in [1.165, 1.54) is 7.11 Å². The zero-order chi connectivity index (χ0) is 21.5. The zero-order valence-corrected chi connectivity index (χ0v) is 19.0. The van der Waals surface area contributed by atoms with Gasteiger partial charge < -0.3 is 9.30 Å². The first kappa shape index (κ1) is 20.5. The first-order chi connectivity index (χ1) is 15.1. The van der Waals surface area contributed by atoms with Gasteiger partial charge in [-0.2, -0.15) is 0 Å². The minimum atomic E-state index is -0.351. The molecule has 0 radical (unpaired) electrons. The molecule has 0 fully saturated rings. The number of rotatable bonds is 3. The summed E-state index contributed by atoms with van der Waals surface area (Å²) >= 11 is 14.5. The Morgan fingerprint density at radius 3 is 2.52 bits per heavy atom. The Morgan fingerprint density at radius 1 is 1.03 bits per heavy atom. The molecule has 0 saturated heterocycles. The van der Waals surface area contributed by atoms with Crippen LogP contribution in [0.15, 0.2) is 77.8 Å². The molecule has 2 atom stereocenters. The molecule has 3 aromatic carbocycles. The van der Waals surface area contributed by atoms with Crippen molar-refractivity contribution in [3.05, 3.63) is 94.0 Å². The monoisotopic (exact) mass is 467 g/mol. The molecule has 1 aromatic heterocycles. The lowest BCUT2D eigenvalue weighted by atomic mass is 9.81. The summed E-state index contributed by atoms with van der Waals surface area (Å²) in [5.74, 6) is -0.211. The minimum Gasteiger partial charge on any atom is -0.469 e. The fourth-order valence-corrected chi connectivity index (χ4v) is 6.38. The number of benzene rings is 3. The van der Waals surface area contributed by atoms with Gasteiger partial charge in [-0.1, -0.05) is 65.7 Å². The molecule has 5 rings (SSSR count). The highest BCUT2D eigenvalue weighted by Gasteiger charge is 2.41. The number of para-hydroxylation sites is 2. The molecule has 1 aliphatic heterocycles. The Labute approximate surface area is 194 Å². The number of fused-ring (bicyclic) bond motifs is 3. The largest absolute Gasteiger partial charge is 0.469 e. The first-order valence-electron chi connectivity index (χ1n) is 9.94. The highest BCUT2D eigenvalue weighted by atomic mass is 35.5. The molecule has 156 valence electrons. The second kappa shape index (κ2) is 8.27. The van der Waals surface area contributed by atoms with Crippen LogP contribution in [0.4, 0.5) is 0 Å². The van der Waals surface area contributed by atoms with Crippen LogP contribution in [-0.2, 0) is 9.53 Å². The van der Waals surface area contributed by atoms with Gasteiger partial charge in [0, 0.05) is 38.4 Å². The number of carbonyl (C=O) groups excluding carboxylic acids is 1. The van der Waals surface area contributed by atoms with E-state index in [1.54, 1.807) is 17.8 Å². The summed E-state index contributed by atoms with van der Waals surface area (Å²) < 4.78 is 7.47. The Balaban J connectivity index is 1.83. The van der Waals surface area contributed by atoms with Crippen LogP contribution in [0.5, 0.6) is 0 Å². The molecular weight excluding hydrogens is 449 g/mol. The lowest BCUT2D eigenvalue weighted by molar-refractivity contribution is -0.145. The number of methoxy groups -OCH3 is 1. The van der Waals surface area contributed by atoms with Gasteiger partial charge in [-0.05, 0) is 35.9 Å². The fraction of sp³-hybridized carbons (Fsp3) is 0.160. The Kier molecular flexibility index (Phi) is 5.47. The van der Waals surface area contributed by atoms with Gasteiger partial charge in [-0.15, -0.1) is 11.8 Å². The van der Waals surface area contributed by atoms with Crippen molar-refractivity contribution in [1.29, 1.82) is 0 Å². The molecule has 0 saturated carbocycles. The number of carbonyl (C=O) groups is 1. The molecule has 0 bridgehead atoms. The van der Waals surface area contributed by atoms with Crippen LogP contribution in [-0.4, -0.2) is 23.4 Å². The van der Waals surface area contributed by atoms with Crippen LogP contribution >= 0.6 is 35.0 Å². The highest BCUT2D eigenvalue weighted by molar-refractivity contribution is 7.99. The van der Waals surface area contributed by atoms with Crippen LogP contribution in [0.3, 0.4) is 0 Å². The van der Waals surface area contributed by atoms with Crippen LogP contribution in [0.1, 0.15) is 17.0 Å². The third-order valence-corrected chi connectivity index (χ3v) is 7.56. The summed E-state index contributed by atoms with van der Waals surface area (Å²) in [6.45, 7) is 0. The van der Waals surface area contributed by atoms with E-state index < -0.39 is 0 Å². The Bertz CT molecular complexity index is 1290. The summed E-state index contributed by atoms with van der Waals surface area (Å²) in [4.78, 5) is 12.8. The third kappa shape index (κ3) is 3.43. The van der Waals surface area contributed by atoms with Gasteiger partial charge in [0.15, 0.2) is 0 Å². The van der Waals surface area contributed by atoms with Crippen LogP contribution in [0.2, 0.25) is 10.0 Å².